The fourth-order valence-corrected chi connectivity index (χ4v) is 2.47. The van der Waals surface area contributed by atoms with Crippen molar-refractivity contribution in [3.8, 4) is 0 Å². The molecule has 1 aliphatic rings. The van der Waals surface area contributed by atoms with Crippen molar-refractivity contribution in [3.05, 3.63) is 0 Å². The lowest BCUT2D eigenvalue weighted by molar-refractivity contribution is -0.133. The maximum Gasteiger partial charge on any atom is 0.226 e. The molecule has 0 aromatic carbocycles. The lowest BCUT2D eigenvalue weighted by atomic mass is 9.95. The van der Waals surface area contributed by atoms with Crippen molar-refractivity contribution >= 4 is 5.91 Å². The quantitative estimate of drug-likeness (QED) is 0.773. The van der Waals surface area contributed by atoms with E-state index in [0.29, 0.717) is 6.54 Å². The van der Waals surface area contributed by atoms with E-state index in [9.17, 15) is 4.79 Å². The molecule has 1 saturated heterocycles. The van der Waals surface area contributed by atoms with Gasteiger partial charge in [0, 0.05) is 32.6 Å². The van der Waals surface area contributed by atoms with Crippen molar-refractivity contribution in [2.24, 2.45) is 17.6 Å². The van der Waals surface area contributed by atoms with Crippen LogP contribution >= 0.6 is 0 Å². The van der Waals surface area contributed by atoms with E-state index in [-0.39, 0.29) is 11.8 Å². The summed E-state index contributed by atoms with van der Waals surface area (Å²) in [5, 5.41) is 0. The van der Waals surface area contributed by atoms with E-state index in [1.54, 1.807) is 0 Å². The molecule has 2 unspecified atom stereocenters. The fraction of sp³-hybridized carbons (Fsp3) is 0.923. The molecule has 4 heteroatoms. The molecule has 1 amide bonds. The van der Waals surface area contributed by atoms with Crippen molar-refractivity contribution in [1.82, 2.24) is 9.80 Å². The molecule has 2 atom stereocenters. The summed E-state index contributed by atoms with van der Waals surface area (Å²) in [6, 6.07) is 0. The number of amides is 1. The van der Waals surface area contributed by atoms with Crippen LogP contribution in [0, 0.1) is 11.8 Å². The highest BCUT2D eigenvalue weighted by Crippen LogP contribution is 2.18. The van der Waals surface area contributed by atoms with Gasteiger partial charge in [0.15, 0.2) is 0 Å². The third-order valence-electron chi connectivity index (χ3n) is 3.75. The number of carbonyl (C=O) groups is 1. The van der Waals surface area contributed by atoms with Crippen LogP contribution in [-0.4, -0.2) is 56.0 Å². The summed E-state index contributed by atoms with van der Waals surface area (Å²) in [6.45, 7) is 5.59. The van der Waals surface area contributed by atoms with Crippen LogP contribution in [-0.2, 0) is 4.79 Å². The van der Waals surface area contributed by atoms with E-state index in [1.165, 1.54) is 25.9 Å². The molecule has 17 heavy (non-hydrogen) atoms. The Bertz CT molecular complexity index is 245. The van der Waals surface area contributed by atoms with E-state index in [1.807, 2.05) is 18.9 Å². The van der Waals surface area contributed by atoms with Gasteiger partial charge in [-0.25, -0.2) is 0 Å². The Morgan fingerprint density at radius 1 is 1.59 bits per heavy atom. The van der Waals surface area contributed by atoms with E-state index in [2.05, 4.69) is 11.9 Å². The van der Waals surface area contributed by atoms with Crippen LogP contribution in [0.2, 0.25) is 0 Å². The first-order chi connectivity index (χ1) is 8.04. The summed E-state index contributed by atoms with van der Waals surface area (Å²) in [5.41, 5.74) is 5.51. The number of likely N-dealkylation sites (tertiary alicyclic amines) is 1. The van der Waals surface area contributed by atoms with Gasteiger partial charge in [-0.2, -0.15) is 0 Å². The molecule has 0 aromatic heterocycles. The molecule has 0 aromatic rings. The summed E-state index contributed by atoms with van der Waals surface area (Å²) in [7, 11) is 4.07. The first kappa shape index (κ1) is 14.5. The molecule has 1 aliphatic heterocycles. The third-order valence-corrected chi connectivity index (χ3v) is 3.75. The second kappa shape index (κ2) is 6.97. The maximum atomic E-state index is 11.8. The smallest absolute Gasteiger partial charge is 0.226 e. The highest BCUT2D eigenvalue weighted by Gasteiger charge is 2.20. The van der Waals surface area contributed by atoms with Gasteiger partial charge < -0.3 is 15.5 Å². The predicted octanol–water partition coefficient (Wildman–Crippen LogP) is 0.772. The summed E-state index contributed by atoms with van der Waals surface area (Å²) in [5.74, 6) is 0.878. The molecule has 1 fully saturated rings. The topological polar surface area (TPSA) is 49.6 Å². The molecule has 0 bridgehead atoms. The van der Waals surface area contributed by atoms with Crippen LogP contribution in [0.5, 0.6) is 0 Å². The molecule has 0 spiro atoms. The number of piperidine rings is 1. The Balaban J connectivity index is 2.27. The minimum absolute atomic E-state index is 0.0472. The zero-order valence-electron chi connectivity index (χ0n) is 11.5. The Morgan fingerprint density at radius 2 is 2.29 bits per heavy atom. The molecule has 4 nitrogen and oxygen atoms in total. The molecular formula is C13H27N3O. The first-order valence-corrected chi connectivity index (χ1v) is 6.68. The zero-order chi connectivity index (χ0) is 12.8. The van der Waals surface area contributed by atoms with Crippen LogP contribution in [0.3, 0.4) is 0 Å². The predicted molar refractivity (Wildman–Crippen MR) is 70.7 cm³/mol. The second-order valence-electron chi connectivity index (χ2n) is 5.46. The average Bonchev–Trinajstić information content (AvgIpc) is 2.34. The average molecular weight is 241 g/mol. The Labute approximate surface area is 105 Å². The largest absolute Gasteiger partial charge is 0.345 e. The van der Waals surface area contributed by atoms with Crippen molar-refractivity contribution in [3.63, 3.8) is 0 Å². The second-order valence-corrected chi connectivity index (χ2v) is 5.46. The standard InChI is InChI=1S/C13H27N3O/c1-11(9-14)13(17)16(3)8-6-12-5-4-7-15(2)10-12/h11-12H,4-10,14H2,1-3H3. The molecule has 100 valence electrons. The number of hydrogen-bond acceptors (Lipinski definition) is 3. The van der Waals surface area contributed by atoms with Gasteiger partial charge in [-0.3, -0.25) is 4.79 Å². The van der Waals surface area contributed by atoms with Gasteiger partial charge in [0.05, 0.1) is 0 Å². The number of carbonyl (C=O) groups excluding carboxylic acids is 1. The molecule has 0 saturated carbocycles. The van der Waals surface area contributed by atoms with Crippen LogP contribution in [0.15, 0.2) is 0 Å². The van der Waals surface area contributed by atoms with E-state index >= 15 is 0 Å². The highest BCUT2D eigenvalue weighted by atomic mass is 16.2. The fourth-order valence-electron chi connectivity index (χ4n) is 2.47. The van der Waals surface area contributed by atoms with Crippen molar-refractivity contribution in [1.29, 1.82) is 0 Å². The van der Waals surface area contributed by atoms with Gasteiger partial charge >= 0.3 is 0 Å². The van der Waals surface area contributed by atoms with Gasteiger partial charge in [-0.15, -0.1) is 0 Å². The van der Waals surface area contributed by atoms with E-state index in [0.717, 1.165) is 18.9 Å². The maximum absolute atomic E-state index is 11.8. The van der Waals surface area contributed by atoms with Crippen LogP contribution in [0.25, 0.3) is 0 Å². The molecule has 2 N–H and O–H groups in total. The Hall–Kier alpha value is -0.610. The number of nitrogens with two attached hydrogens (primary N) is 1. The Kier molecular flexibility index (Phi) is 5.92. The minimum Gasteiger partial charge on any atom is -0.345 e. The summed E-state index contributed by atoms with van der Waals surface area (Å²) in [4.78, 5) is 16.1. The van der Waals surface area contributed by atoms with Gasteiger partial charge in [0.2, 0.25) is 5.91 Å². The van der Waals surface area contributed by atoms with Gasteiger partial charge in [0.1, 0.15) is 0 Å². The SMILES string of the molecule is CC(CN)C(=O)N(C)CCC1CCCN(C)C1. The highest BCUT2D eigenvalue weighted by molar-refractivity contribution is 5.78. The minimum atomic E-state index is -0.0472. The molecule has 0 aliphatic carbocycles. The lowest BCUT2D eigenvalue weighted by Crippen LogP contribution is -2.38. The van der Waals surface area contributed by atoms with Crippen LogP contribution in [0.1, 0.15) is 26.2 Å². The van der Waals surface area contributed by atoms with E-state index < -0.39 is 0 Å². The monoisotopic (exact) mass is 241 g/mol. The Morgan fingerprint density at radius 3 is 2.88 bits per heavy atom. The molecule has 1 rings (SSSR count). The van der Waals surface area contributed by atoms with E-state index in [4.69, 9.17) is 5.73 Å². The third kappa shape index (κ3) is 4.64. The summed E-state index contributed by atoms with van der Waals surface area (Å²) < 4.78 is 0. The number of hydrogen-bond donors (Lipinski definition) is 1. The van der Waals surface area contributed by atoms with Gasteiger partial charge in [-0.05, 0) is 38.8 Å². The van der Waals surface area contributed by atoms with Crippen molar-refractivity contribution in [2.75, 3.05) is 40.3 Å². The summed E-state index contributed by atoms with van der Waals surface area (Å²) in [6.07, 6.45) is 3.71. The lowest BCUT2D eigenvalue weighted by Gasteiger charge is -2.31. The zero-order valence-corrected chi connectivity index (χ0v) is 11.5. The number of rotatable bonds is 5. The van der Waals surface area contributed by atoms with Crippen LogP contribution in [0.4, 0.5) is 0 Å². The van der Waals surface area contributed by atoms with Gasteiger partial charge in [0.25, 0.3) is 0 Å². The van der Waals surface area contributed by atoms with Crippen LogP contribution < -0.4 is 5.73 Å². The normalized spacial score (nSPS) is 23.4. The van der Waals surface area contributed by atoms with Crippen molar-refractivity contribution < 1.29 is 4.79 Å². The molecular weight excluding hydrogens is 214 g/mol. The number of nitrogens with zero attached hydrogens (tertiary/aromatic N) is 2. The van der Waals surface area contributed by atoms with Gasteiger partial charge in [-0.1, -0.05) is 6.92 Å². The summed E-state index contributed by atoms with van der Waals surface area (Å²) >= 11 is 0. The van der Waals surface area contributed by atoms with Crippen molar-refractivity contribution in [2.45, 2.75) is 26.2 Å². The molecule has 0 radical (unpaired) electrons. The molecule has 1 heterocycles. The first-order valence-electron chi connectivity index (χ1n) is 6.68.